The summed E-state index contributed by atoms with van der Waals surface area (Å²) in [7, 11) is -3.39. The molecule has 0 radical (unpaired) electrons. The Labute approximate surface area is 187 Å². The molecule has 1 aromatic carbocycles. The Balaban J connectivity index is 1.46. The van der Waals surface area contributed by atoms with E-state index in [0.29, 0.717) is 39.3 Å². The number of hydrogen-bond donors (Lipinski definition) is 1. The van der Waals surface area contributed by atoms with Crippen LogP contribution in [-0.4, -0.2) is 86.7 Å². The summed E-state index contributed by atoms with van der Waals surface area (Å²) in [4.78, 5) is 16.7. The topological polar surface area (TPSA) is 76.2 Å². The molecule has 2 fully saturated rings. The van der Waals surface area contributed by atoms with Crippen molar-refractivity contribution in [3.8, 4) is 0 Å². The molecular formula is C22H37N5O3S. The van der Waals surface area contributed by atoms with Gasteiger partial charge in [0, 0.05) is 63.7 Å². The van der Waals surface area contributed by atoms with Crippen molar-refractivity contribution in [2.75, 3.05) is 69.1 Å². The highest BCUT2D eigenvalue weighted by molar-refractivity contribution is 7.86. The fraction of sp³-hybridized carbons (Fsp3) is 0.682. The number of carbonyl (C=O) groups excluding carboxylic acids is 1. The molecule has 0 aromatic heterocycles. The van der Waals surface area contributed by atoms with E-state index in [-0.39, 0.29) is 12.5 Å². The van der Waals surface area contributed by atoms with Crippen LogP contribution in [0.3, 0.4) is 0 Å². The van der Waals surface area contributed by atoms with Gasteiger partial charge in [-0.1, -0.05) is 12.8 Å². The van der Waals surface area contributed by atoms with E-state index >= 15 is 0 Å². The van der Waals surface area contributed by atoms with Gasteiger partial charge in [0.1, 0.15) is 0 Å². The fourth-order valence-corrected chi connectivity index (χ4v) is 5.97. The number of carbonyl (C=O) groups is 1. The Morgan fingerprint density at radius 1 is 0.871 bits per heavy atom. The highest BCUT2D eigenvalue weighted by atomic mass is 32.2. The second-order valence-electron chi connectivity index (χ2n) is 8.26. The average molecular weight is 452 g/mol. The van der Waals surface area contributed by atoms with E-state index in [1.165, 1.54) is 0 Å². The van der Waals surface area contributed by atoms with Crippen molar-refractivity contribution >= 4 is 27.5 Å². The molecule has 2 saturated heterocycles. The van der Waals surface area contributed by atoms with Crippen LogP contribution >= 0.6 is 0 Å². The SMILES string of the molecule is CCN(CC)c1ccc(NC(=O)CN2CCN(S(=O)(=O)N3CCCCCC3)CC2)cc1. The third kappa shape index (κ3) is 6.41. The first-order valence-electron chi connectivity index (χ1n) is 11.6. The maximum Gasteiger partial charge on any atom is 0.282 e. The van der Waals surface area contributed by atoms with Crippen LogP contribution in [-0.2, 0) is 15.0 Å². The molecule has 174 valence electrons. The zero-order valence-corrected chi connectivity index (χ0v) is 19.7. The first-order valence-corrected chi connectivity index (χ1v) is 13.0. The molecule has 0 spiro atoms. The summed E-state index contributed by atoms with van der Waals surface area (Å²) in [6, 6.07) is 7.90. The molecule has 2 aliphatic heterocycles. The van der Waals surface area contributed by atoms with Crippen LogP contribution in [0.15, 0.2) is 24.3 Å². The average Bonchev–Trinajstić information content (AvgIpc) is 3.06. The van der Waals surface area contributed by atoms with E-state index in [2.05, 4.69) is 24.1 Å². The standard InChI is InChI=1S/C22H37N5O3S/c1-3-25(4-2)21-11-9-20(10-12-21)23-22(28)19-24-15-17-27(18-16-24)31(29,30)26-13-7-5-6-8-14-26/h9-12H,3-8,13-19H2,1-2H3,(H,23,28). The van der Waals surface area contributed by atoms with Crippen molar-refractivity contribution in [3.63, 3.8) is 0 Å². The lowest BCUT2D eigenvalue weighted by atomic mass is 10.2. The second kappa shape index (κ2) is 11.3. The Bertz CT molecular complexity index is 795. The Hall–Kier alpha value is -1.68. The molecular weight excluding hydrogens is 414 g/mol. The highest BCUT2D eigenvalue weighted by Gasteiger charge is 2.32. The predicted molar refractivity (Wildman–Crippen MR) is 126 cm³/mol. The van der Waals surface area contributed by atoms with E-state index in [1.54, 1.807) is 8.61 Å². The van der Waals surface area contributed by atoms with Crippen molar-refractivity contribution in [2.45, 2.75) is 39.5 Å². The van der Waals surface area contributed by atoms with Crippen molar-refractivity contribution < 1.29 is 13.2 Å². The monoisotopic (exact) mass is 451 g/mol. The third-order valence-corrected chi connectivity index (χ3v) is 8.23. The highest BCUT2D eigenvalue weighted by Crippen LogP contribution is 2.19. The van der Waals surface area contributed by atoms with Crippen LogP contribution in [0.4, 0.5) is 11.4 Å². The largest absolute Gasteiger partial charge is 0.372 e. The molecule has 3 rings (SSSR count). The number of rotatable bonds is 8. The minimum Gasteiger partial charge on any atom is -0.372 e. The second-order valence-corrected chi connectivity index (χ2v) is 10.2. The van der Waals surface area contributed by atoms with Gasteiger partial charge in [-0.2, -0.15) is 17.0 Å². The van der Waals surface area contributed by atoms with Gasteiger partial charge in [-0.25, -0.2) is 0 Å². The van der Waals surface area contributed by atoms with Gasteiger partial charge in [0.2, 0.25) is 5.91 Å². The molecule has 0 unspecified atom stereocenters. The summed E-state index contributed by atoms with van der Waals surface area (Å²) >= 11 is 0. The van der Waals surface area contributed by atoms with Crippen LogP contribution in [0, 0.1) is 0 Å². The first-order chi connectivity index (χ1) is 14.9. The lowest BCUT2D eigenvalue weighted by molar-refractivity contribution is -0.117. The van der Waals surface area contributed by atoms with Gasteiger partial charge < -0.3 is 10.2 Å². The van der Waals surface area contributed by atoms with Crippen LogP contribution in [0.25, 0.3) is 0 Å². The summed E-state index contributed by atoms with van der Waals surface area (Å²) < 4.78 is 29.1. The summed E-state index contributed by atoms with van der Waals surface area (Å²) in [5, 5.41) is 2.95. The van der Waals surface area contributed by atoms with Crippen LogP contribution in [0.1, 0.15) is 39.5 Å². The van der Waals surface area contributed by atoms with Crippen molar-refractivity contribution in [1.82, 2.24) is 13.5 Å². The molecule has 0 saturated carbocycles. The van der Waals surface area contributed by atoms with Crippen LogP contribution < -0.4 is 10.2 Å². The van der Waals surface area contributed by atoms with Gasteiger partial charge >= 0.3 is 0 Å². The van der Waals surface area contributed by atoms with E-state index in [4.69, 9.17) is 0 Å². The van der Waals surface area contributed by atoms with Crippen LogP contribution in [0.2, 0.25) is 0 Å². The van der Waals surface area contributed by atoms with Gasteiger partial charge in [0.25, 0.3) is 10.2 Å². The number of benzene rings is 1. The van der Waals surface area contributed by atoms with Crippen molar-refractivity contribution in [3.05, 3.63) is 24.3 Å². The molecule has 2 heterocycles. The Morgan fingerprint density at radius 3 is 1.97 bits per heavy atom. The maximum absolute atomic E-state index is 12.9. The van der Waals surface area contributed by atoms with Gasteiger partial charge in [0.15, 0.2) is 0 Å². The quantitative estimate of drug-likeness (QED) is 0.656. The number of hydrogen-bond acceptors (Lipinski definition) is 5. The molecule has 31 heavy (non-hydrogen) atoms. The van der Waals surface area contributed by atoms with Crippen molar-refractivity contribution in [2.24, 2.45) is 0 Å². The lowest BCUT2D eigenvalue weighted by Gasteiger charge is -2.36. The molecule has 9 heteroatoms. The predicted octanol–water partition coefficient (Wildman–Crippen LogP) is 2.21. The number of amides is 1. The van der Waals surface area contributed by atoms with Crippen LogP contribution in [0.5, 0.6) is 0 Å². The Morgan fingerprint density at radius 2 is 1.42 bits per heavy atom. The van der Waals surface area contributed by atoms with Gasteiger partial charge in [-0.15, -0.1) is 0 Å². The first kappa shape index (κ1) is 24.0. The van der Waals surface area contributed by atoms with Gasteiger partial charge in [-0.05, 0) is 51.0 Å². The molecule has 1 amide bonds. The van der Waals surface area contributed by atoms with Crippen molar-refractivity contribution in [1.29, 1.82) is 0 Å². The number of nitrogens with one attached hydrogen (secondary N) is 1. The summed E-state index contributed by atoms with van der Waals surface area (Å²) in [6.07, 6.45) is 4.09. The number of nitrogens with zero attached hydrogens (tertiary/aromatic N) is 4. The van der Waals surface area contributed by atoms with Gasteiger partial charge in [-0.3, -0.25) is 9.69 Å². The molecule has 0 bridgehead atoms. The molecule has 8 nitrogen and oxygen atoms in total. The molecule has 1 aromatic rings. The van der Waals surface area contributed by atoms with E-state index < -0.39 is 10.2 Å². The zero-order chi connectivity index (χ0) is 22.3. The number of piperazine rings is 1. The Kier molecular flexibility index (Phi) is 8.71. The zero-order valence-electron chi connectivity index (χ0n) is 18.9. The smallest absolute Gasteiger partial charge is 0.282 e. The minimum atomic E-state index is -3.39. The third-order valence-electron chi connectivity index (χ3n) is 6.20. The van der Waals surface area contributed by atoms with Gasteiger partial charge in [0.05, 0.1) is 6.54 Å². The minimum absolute atomic E-state index is 0.0700. The molecule has 0 atom stereocenters. The van der Waals surface area contributed by atoms with E-state index in [9.17, 15) is 13.2 Å². The van der Waals surface area contributed by atoms with E-state index in [0.717, 1.165) is 50.1 Å². The lowest BCUT2D eigenvalue weighted by Crippen LogP contribution is -2.54. The van der Waals surface area contributed by atoms with E-state index in [1.807, 2.05) is 29.2 Å². The summed E-state index contributed by atoms with van der Waals surface area (Å²) in [5.74, 6) is -0.0700. The molecule has 0 aliphatic carbocycles. The fourth-order valence-electron chi connectivity index (χ4n) is 4.30. The normalized spacial score (nSPS) is 19.7. The molecule has 1 N–H and O–H groups in total. The maximum atomic E-state index is 12.9. The molecule has 2 aliphatic rings. The summed E-state index contributed by atoms with van der Waals surface area (Å²) in [5.41, 5.74) is 1.92. The number of anilines is 2. The summed E-state index contributed by atoms with van der Waals surface area (Å²) in [6.45, 7) is 9.67.